The summed E-state index contributed by atoms with van der Waals surface area (Å²) in [6, 6.07) is 0. The van der Waals surface area contributed by atoms with Crippen molar-refractivity contribution < 1.29 is 28.9 Å². The summed E-state index contributed by atoms with van der Waals surface area (Å²) in [5, 5.41) is 23.7. The molecule has 0 spiro atoms. The fourth-order valence-electron chi connectivity index (χ4n) is 3.23. The molecule has 0 saturated carbocycles. The van der Waals surface area contributed by atoms with Gasteiger partial charge in [-0.15, -0.1) is 9.42 Å². The van der Waals surface area contributed by atoms with Gasteiger partial charge in [-0.25, -0.2) is 15.0 Å². The SMILES string of the molecule is NCCCCCCNc1ncnc2c1ncn2[C@@H]1O[C@H](CO[P+](=O)O)[C@@H](O)[C@H]1O. The van der Waals surface area contributed by atoms with E-state index in [4.69, 9.17) is 15.4 Å². The Hall–Kier alpha value is -1.79. The Labute approximate surface area is 168 Å². The lowest BCUT2D eigenvalue weighted by Crippen LogP contribution is -2.33. The molecule has 1 aliphatic rings. The van der Waals surface area contributed by atoms with Crippen molar-refractivity contribution in [3.8, 4) is 0 Å². The van der Waals surface area contributed by atoms with E-state index in [1.165, 1.54) is 17.2 Å². The maximum Gasteiger partial charge on any atom is 0.694 e. The van der Waals surface area contributed by atoms with Crippen LogP contribution in [0.2, 0.25) is 0 Å². The largest absolute Gasteiger partial charge is 0.694 e. The molecule has 2 aromatic heterocycles. The van der Waals surface area contributed by atoms with Crippen molar-refractivity contribution in [2.24, 2.45) is 5.73 Å². The minimum Gasteiger partial charge on any atom is -0.387 e. The van der Waals surface area contributed by atoms with Crippen molar-refractivity contribution in [1.82, 2.24) is 19.5 Å². The van der Waals surface area contributed by atoms with E-state index < -0.39 is 32.8 Å². The number of imidazole rings is 1. The summed E-state index contributed by atoms with van der Waals surface area (Å²) in [6.07, 6.45) is 2.44. The van der Waals surface area contributed by atoms with Gasteiger partial charge in [-0.3, -0.25) is 4.57 Å². The molecule has 0 bridgehead atoms. The van der Waals surface area contributed by atoms with Gasteiger partial charge in [-0.05, 0) is 19.4 Å². The number of rotatable bonds is 11. The molecule has 1 aliphatic heterocycles. The second kappa shape index (κ2) is 10.3. The van der Waals surface area contributed by atoms with E-state index in [0.717, 1.165) is 32.2 Å². The van der Waals surface area contributed by atoms with Gasteiger partial charge in [0.2, 0.25) is 0 Å². The molecule has 3 rings (SSSR count). The molecule has 160 valence electrons. The standard InChI is InChI=1S/C16H25N6O6P/c17-5-3-1-2-4-6-18-14-11-15(20-8-19-14)22(9-21-11)16-13(24)12(23)10(28-16)7-27-29(25)26/h8-10,12-13,16,23-24H,1-7,17H2,(H-,18,19,20,25,26)/p+1/t10-,12-,13-,16-/m1/s1. The number of nitrogens with one attached hydrogen (secondary N) is 1. The number of aliphatic hydroxyl groups excluding tert-OH is 2. The molecule has 0 amide bonds. The second-order valence-electron chi connectivity index (χ2n) is 6.76. The Balaban J connectivity index is 1.68. The van der Waals surface area contributed by atoms with Crippen LogP contribution in [0.15, 0.2) is 12.7 Å². The predicted octanol–water partition coefficient (Wildman–Crippen LogP) is 0.0428. The van der Waals surface area contributed by atoms with Crippen LogP contribution in [-0.2, 0) is 13.8 Å². The number of nitrogens with zero attached hydrogens (tertiary/aromatic N) is 4. The van der Waals surface area contributed by atoms with Gasteiger partial charge in [0.05, 0.1) is 6.33 Å². The van der Waals surface area contributed by atoms with Crippen molar-refractivity contribution in [3.63, 3.8) is 0 Å². The molecule has 12 nitrogen and oxygen atoms in total. The van der Waals surface area contributed by atoms with Crippen LogP contribution >= 0.6 is 8.25 Å². The van der Waals surface area contributed by atoms with Gasteiger partial charge < -0.3 is 26.0 Å². The Bertz CT molecular complexity index is 822. The number of hydrogen-bond acceptors (Lipinski definition) is 10. The molecule has 1 fully saturated rings. The van der Waals surface area contributed by atoms with E-state index in [1.54, 1.807) is 0 Å². The van der Waals surface area contributed by atoms with E-state index in [1.807, 2.05) is 0 Å². The third kappa shape index (κ3) is 5.23. The number of aromatic nitrogens is 4. The molecule has 0 aliphatic carbocycles. The van der Waals surface area contributed by atoms with Crippen molar-refractivity contribution in [3.05, 3.63) is 12.7 Å². The molecule has 1 saturated heterocycles. The van der Waals surface area contributed by atoms with Crippen molar-refractivity contribution in [2.45, 2.75) is 50.2 Å². The first-order valence-electron chi connectivity index (χ1n) is 9.45. The van der Waals surface area contributed by atoms with Crippen LogP contribution < -0.4 is 11.1 Å². The van der Waals surface area contributed by atoms with Gasteiger partial charge in [-0.2, -0.15) is 0 Å². The number of fused-ring (bicyclic) bond motifs is 1. The van der Waals surface area contributed by atoms with Crippen LogP contribution in [0.5, 0.6) is 0 Å². The van der Waals surface area contributed by atoms with E-state index >= 15 is 0 Å². The van der Waals surface area contributed by atoms with Crippen molar-refractivity contribution >= 4 is 25.2 Å². The lowest BCUT2D eigenvalue weighted by molar-refractivity contribution is -0.0476. The summed E-state index contributed by atoms with van der Waals surface area (Å²) in [5.41, 5.74) is 6.43. The molecule has 2 aromatic rings. The van der Waals surface area contributed by atoms with Gasteiger partial charge in [0.1, 0.15) is 31.2 Å². The molecule has 13 heteroatoms. The minimum atomic E-state index is -2.83. The van der Waals surface area contributed by atoms with Crippen LogP contribution in [0, 0.1) is 0 Å². The van der Waals surface area contributed by atoms with Crippen molar-refractivity contribution in [1.29, 1.82) is 0 Å². The van der Waals surface area contributed by atoms with Crippen LogP contribution in [0.3, 0.4) is 0 Å². The average molecular weight is 429 g/mol. The minimum absolute atomic E-state index is 0.334. The summed E-state index contributed by atoms with van der Waals surface area (Å²) >= 11 is 0. The summed E-state index contributed by atoms with van der Waals surface area (Å²) in [5.74, 6) is 0.567. The monoisotopic (exact) mass is 429 g/mol. The molecule has 1 unspecified atom stereocenters. The normalized spacial score (nSPS) is 24.9. The molecule has 3 heterocycles. The zero-order valence-corrected chi connectivity index (χ0v) is 16.7. The zero-order valence-electron chi connectivity index (χ0n) is 15.8. The molecular formula is C16H26N6O6P+. The number of nitrogens with two attached hydrogens (primary N) is 1. The van der Waals surface area contributed by atoms with Crippen molar-refractivity contribution in [2.75, 3.05) is 25.0 Å². The number of anilines is 1. The fourth-order valence-corrected chi connectivity index (χ4v) is 3.51. The maximum atomic E-state index is 10.7. The number of hydrogen-bond donors (Lipinski definition) is 5. The molecule has 6 N–H and O–H groups in total. The van der Waals surface area contributed by atoms with Gasteiger partial charge in [0.25, 0.3) is 0 Å². The molecular weight excluding hydrogens is 403 g/mol. The lowest BCUT2D eigenvalue weighted by atomic mass is 10.1. The molecule has 5 atom stereocenters. The summed E-state index contributed by atoms with van der Waals surface area (Å²) in [7, 11) is -2.83. The van der Waals surface area contributed by atoms with Crippen LogP contribution in [-0.4, -0.2) is 72.6 Å². The van der Waals surface area contributed by atoms with E-state index in [0.29, 0.717) is 23.5 Å². The Kier molecular flexibility index (Phi) is 7.78. The van der Waals surface area contributed by atoms with Gasteiger partial charge in [0.15, 0.2) is 23.2 Å². The molecule has 0 aromatic carbocycles. The van der Waals surface area contributed by atoms with Crippen LogP contribution in [0.25, 0.3) is 11.2 Å². The average Bonchev–Trinajstić information content (AvgIpc) is 3.25. The maximum absolute atomic E-state index is 10.7. The summed E-state index contributed by atoms with van der Waals surface area (Å²) < 4.78 is 22.4. The number of unbranched alkanes of at least 4 members (excludes halogenated alkanes) is 3. The quantitative estimate of drug-likeness (QED) is 0.241. The van der Waals surface area contributed by atoms with E-state index in [2.05, 4.69) is 24.8 Å². The summed E-state index contributed by atoms with van der Waals surface area (Å²) in [4.78, 5) is 21.5. The highest BCUT2D eigenvalue weighted by atomic mass is 31.1. The van der Waals surface area contributed by atoms with Gasteiger partial charge in [-0.1, -0.05) is 12.8 Å². The third-order valence-electron chi connectivity index (χ3n) is 4.74. The number of aliphatic hydroxyl groups is 2. The van der Waals surface area contributed by atoms with E-state index in [-0.39, 0.29) is 6.61 Å². The highest BCUT2D eigenvalue weighted by Crippen LogP contribution is 2.33. The second-order valence-corrected chi connectivity index (χ2v) is 7.49. The van der Waals surface area contributed by atoms with Gasteiger partial charge in [0, 0.05) is 11.1 Å². The Morgan fingerprint density at radius 2 is 2.00 bits per heavy atom. The first-order chi connectivity index (χ1) is 14.0. The van der Waals surface area contributed by atoms with Crippen LogP contribution in [0.4, 0.5) is 5.82 Å². The predicted molar refractivity (Wildman–Crippen MR) is 103 cm³/mol. The molecule has 0 radical (unpaired) electrons. The zero-order chi connectivity index (χ0) is 20.8. The smallest absolute Gasteiger partial charge is 0.387 e. The third-order valence-corrected chi connectivity index (χ3v) is 5.11. The number of ether oxygens (including phenoxy) is 1. The van der Waals surface area contributed by atoms with Gasteiger partial charge >= 0.3 is 8.25 Å². The van der Waals surface area contributed by atoms with E-state index in [9.17, 15) is 14.8 Å². The first-order valence-corrected chi connectivity index (χ1v) is 10.6. The topological polar surface area (TPSA) is 178 Å². The Morgan fingerprint density at radius 3 is 2.76 bits per heavy atom. The fraction of sp³-hybridized carbons (Fsp3) is 0.688. The highest BCUT2D eigenvalue weighted by molar-refractivity contribution is 7.32. The first kappa shape index (κ1) is 21.9. The Morgan fingerprint density at radius 1 is 1.21 bits per heavy atom. The lowest BCUT2D eigenvalue weighted by Gasteiger charge is -2.16. The highest BCUT2D eigenvalue weighted by Gasteiger charge is 2.45. The molecule has 29 heavy (non-hydrogen) atoms. The summed E-state index contributed by atoms with van der Waals surface area (Å²) in [6.45, 7) is 1.09. The van der Waals surface area contributed by atoms with Crippen LogP contribution in [0.1, 0.15) is 31.9 Å².